The van der Waals surface area contributed by atoms with E-state index in [0.717, 1.165) is 27.1 Å². The number of rotatable bonds is 6. The summed E-state index contributed by atoms with van der Waals surface area (Å²) in [6.07, 6.45) is 0.630. The van der Waals surface area contributed by atoms with E-state index < -0.39 is 0 Å². The van der Waals surface area contributed by atoms with Crippen LogP contribution < -0.4 is 9.47 Å². The van der Waals surface area contributed by atoms with Gasteiger partial charge in [0.05, 0.1) is 30.5 Å². The molecule has 0 saturated carbocycles. The lowest BCUT2D eigenvalue weighted by molar-refractivity contribution is -0.126. The number of thiocarbonyl (C=S) groups is 1. The summed E-state index contributed by atoms with van der Waals surface area (Å²) in [7, 11) is 3.26. The van der Waals surface area contributed by atoms with Crippen molar-refractivity contribution in [2.75, 3.05) is 14.2 Å². The number of halogens is 1. The molecule has 1 atom stereocenters. The first kappa shape index (κ1) is 19.2. The molecule has 2 aromatic rings. The number of ether oxygens (including phenoxy) is 2. The molecular weight excluding hydrogens is 434 g/mol. The predicted octanol–water partition coefficient (Wildman–Crippen LogP) is 4.44. The quantitative estimate of drug-likeness (QED) is 0.607. The van der Waals surface area contributed by atoms with E-state index in [0.29, 0.717) is 17.3 Å². The Labute approximate surface area is 171 Å². The van der Waals surface area contributed by atoms with Gasteiger partial charge in [-0.05, 0) is 57.7 Å². The average Bonchev–Trinajstić information content (AvgIpc) is 2.90. The van der Waals surface area contributed by atoms with Crippen LogP contribution in [0.2, 0.25) is 0 Å². The summed E-state index contributed by atoms with van der Waals surface area (Å²) >= 11 is 10.4. The second-order valence-electron chi connectivity index (χ2n) is 5.82. The second-order valence-corrected chi connectivity index (χ2v) is 8.51. The van der Waals surface area contributed by atoms with Gasteiger partial charge < -0.3 is 9.47 Å². The van der Waals surface area contributed by atoms with Gasteiger partial charge in [-0.3, -0.25) is 9.69 Å². The van der Waals surface area contributed by atoms with Gasteiger partial charge in [-0.2, -0.15) is 0 Å². The van der Waals surface area contributed by atoms with E-state index in [1.807, 2.05) is 42.5 Å². The zero-order valence-corrected chi connectivity index (χ0v) is 17.6. The third-order valence-electron chi connectivity index (χ3n) is 4.14. The van der Waals surface area contributed by atoms with E-state index in [1.54, 1.807) is 19.1 Å². The van der Waals surface area contributed by atoms with Crippen molar-refractivity contribution >= 4 is 50.1 Å². The van der Waals surface area contributed by atoms with Gasteiger partial charge in [0, 0.05) is 0 Å². The fourth-order valence-corrected chi connectivity index (χ4v) is 4.86. The van der Waals surface area contributed by atoms with Crippen LogP contribution in [0.3, 0.4) is 0 Å². The van der Waals surface area contributed by atoms with Crippen LogP contribution in [-0.4, -0.2) is 34.6 Å². The first-order chi connectivity index (χ1) is 12.5. The van der Waals surface area contributed by atoms with Crippen molar-refractivity contribution in [3.63, 3.8) is 0 Å². The Balaban J connectivity index is 1.69. The molecule has 1 amide bonds. The number of carbonyl (C=O) groups is 1. The number of hydrogen-bond donors (Lipinski definition) is 0. The van der Waals surface area contributed by atoms with Gasteiger partial charge in [0.15, 0.2) is 0 Å². The van der Waals surface area contributed by atoms with Gasteiger partial charge in [-0.1, -0.05) is 42.2 Å². The summed E-state index contributed by atoms with van der Waals surface area (Å²) in [5, 5.41) is -0.193. The molecular formula is C19H18BrNO3S2. The van der Waals surface area contributed by atoms with Gasteiger partial charge in [-0.15, -0.1) is 0 Å². The summed E-state index contributed by atoms with van der Waals surface area (Å²) in [4.78, 5) is 14.5. The molecule has 0 aliphatic carbocycles. The summed E-state index contributed by atoms with van der Waals surface area (Å²) in [6.45, 7) is 0.484. The molecule has 0 unspecified atom stereocenters. The molecule has 26 heavy (non-hydrogen) atoms. The molecule has 0 radical (unpaired) electrons. The van der Waals surface area contributed by atoms with Crippen molar-refractivity contribution in [3.8, 4) is 11.5 Å². The lowest BCUT2D eigenvalue weighted by atomic mass is 10.1. The Hall–Kier alpha value is -1.57. The van der Waals surface area contributed by atoms with Crippen LogP contribution in [-0.2, 0) is 17.8 Å². The minimum atomic E-state index is -0.193. The zero-order valence-electron chi connectivity index (χ0n) is 14.4. The number of nitrogens with zero attached hydrogens (tertiary/aromatic N) is 1. The minimum absolute atomic E-state index is 0.0581. The highest BCUT2D eigenvalue weighted by molar-refractivity contribution is 9.10. The molecule has 1 aliphatic rings. The standard InChI is InChI=1S/C19H18BrNO3S2/c1-23-14-6-3-12(4-7-14)11-21-18(22)17(26-19(21)25)10-13-5-8-16(24-2)15(20)9-13/h3-9,17H,10-11H2,1-2H3/t17-/m0/s1. The van der Waals surface area contributed by atoms with E-state index in [-0.39, 0.29) is 11.2 Å². The van der Waals surface area contributed by atoms with Crippen molar-refractivity contribution in [2.24, 2.45) is 0 Å². The van der Waals surface area contributed by atoms with Crippen LogP contribution in [0.5, 0.6) is 11.5 Å². The van der Waals surface area contributed by atoms with Crippen LogP contribution in [0.1, 0.15) is 11.1 Å². The topological polar surface area (TPSA) is 38.8 Å². The van der Waals surface area contributed by atoms with E-state index in [1.165, 1.54) is 11.8 Å². The molecule has 1 aliphatic heterocycles. The molecule has 136 valence electrons. The Morgan fingerprint density at radius 1 is 1.12 bits per heavy atom. The fraction of sp³-hybridized carbons (Fsp3) is 0.263. The maximum Gasteiger partial charge on any atom is 0.242 e. The van der Waals surface area contributed by atoms with Crippen LogP contribution >= 0.6 is 39.9 Å². The summed E-state index contributed by atoms with van der Waals surface area (Å²) in [5.41, 5.74) is 2.09. The third-order valence-corrected chi connectivity index (χ3v) is 6.35. The number of benzene rings is 2. The molecule has 3 rings (SSSR count). The number of hydrogen-bond acceptors (Lipinski definition) is 5. The lowest BCUT2D eigenvalue weighted by Crippen LogP contribution is -2.31. The van der Waals surface area contributed by atoms with Gasteiger partial charge in [0.2, 0.25) is 5.91 Å². The fourth-order valence-electron chi connectivity index (χ4n) is 2.74. The molecule has 1 saturated heterocycles. The summed E-state index contributed by atoms with van der Waals surface area (Å²) in [5.74, 6) is 1.62. The van der Waals surface area contributed by atoms with Crippen LogP contribution in [0.15, 0.2) is 46.9 Å². The monoisotopic (exact) mass is 451 g/mol. The Bertz CT molecular complexity index is 826. The SMILES string of the molecule is COc1ccc(CN2C(=O)[C@H](Cc3ccc(OC)c(Br)c3)SC2=S)cc1. The zero-order chi connectivity index (χ0) is 18.7. The third kappa shape index (κ3) is 4.22. The Kier molecular flexibility index (Phi) is 6.21. The van der Waals surface area contributed by atoms with E-state index in [2.05, 4.69) is 15.9 Å². The maximum atomic E-state index is 12.8. The van der Waals surface area contributed by atoms with Crippen molar-refractivity contribution < 1.29 is 14.3 Å². The second kappa shape index (κ2) is 8.41. The maximum absolute atomic E-state index is 12.8. The number of amides is 1. The molecule has 0 aromatic heterocycles. The summed E-state index contributed by atoms with van der Waals surface area (Å²) in [6, 6.07) is 13.5. The smallest absolute Gasteiger partial charge is 0.242 e. The first-order valence-corrected chi connectivity index (χ1v) is 10.1. The van der Waals surface area contributed by atoms with Crippen LogP contribution in [0.25, 0.3) is 0 Å². The van der Waals surface area contributed by atoms with E-state index >= 15 is 0 Å². The number of thioether (sulfide) groups is 1. The molecule has 1 heterocycles. The molecule has 4 nitrogen and oxygen atoms in total. The highest BCUT2D eigenvalue weighted by Gasteiger charge is 2.36. The largest absolute Gasteiger partial charge is 0.497 e. The van der Waals surface area contributed by atoms with E-state index in [4.69, 9.17) is 21.7 Å². The van der Waals surface area contributed by atoms with E-state index in [9.17, 15) is 4.79 Å². The Morgan fingerprint density at radius 3 is 2.42 bits per heavy atom. The van der Waals surface area contributed by atoms with Gasteiger partial charge in [0.1, 0.15) is 15.8 Å². The normalized spacial score (nSPS) is 16.9. The van der Waals surface area contributed by atoms with Gasteiger partial charge in [0.25, 0.3) is 0 Å². The highest BCUT2D eigenvalue weighted by atomic mass is 79.9. The molecule has 2 aromatic carbocycles. The minimum Gasteiger partial charge on any atom is -0.497 e. The lowest BCUT2D eigenvalue weighted by Gasteiger charge is -2.16. The summed E-state index contributed by atoms with van der Waals surface area (Å²) < 4.78 is 11.9. The molecule has 0 N–H and O–H groups in total. The van der Waals surface area contributed by atoms with Crippen LogP contribution in [0.4, 0.5) is 0 Å². The average molecular weight is 452 g/mol. The molecule has 7 heteroatoms. The highest BCUT2D eigenvalue weighted by Crippen LogP contribution is 2.33. The Morgan fingerprint density at radius 2 is 1.81 bits per heavy atom. The molecule has 0 bridgehead atoms. The first-order valence-electron chi connectivity index (χ1n) is 7.99. The van der Waals surface area contributed by atoms with Gasteiger partial charge >= 0.3 is 0 Å². The van der Waals surface area contributed by atoms with Crippen molar-refractivity contribution in [2.45, 2.75) is 18.2 Å². The van der Waals surface area contributed by atoms with Crippen LogP contribution in [0, 0.1) is 0 Å². The number of carbonyl (C=O) groups excluding carboxylic acids is 1. The molecule has 1 fully saturated rings. The van der Waals surface area contributed by atoms with Crippen molar-refractivity contribution in [1.29, 1.82) is 0 Å². The number of methoxy groups -OCH3 is 2. The van der Waals surface area contributed by atoms with Crippen molar-refractivity contribution in [3.05, 3.63) is 58.1 Å². The van der Waals surface area contributed by atoms with Gasteiger partial charge in [-0.25, -0.2) is 0 Å². The predicted molar refractivity (Wildman–Crippen MR) is 112 cm³/mol. The van der Waals surface area contributed by atoms with Crippen molar-refractivity contribution in [1.82, 2.24) is 4.90 Å². The molecule has 0 spiro atoms.